The van der Waals surface area contributed by atoms with Crippen LogP contribution in [-0.2, 0) is 18.3 Å². The Bertz CT molecular complexity index is 1380. The third-order valence-electron chi connectivity index (χ3n) is 4.83. The Balaban J connectivity index is 1.66. The minimum atomic E-state index is -4.40. The fourth-order valence-electron chi connectivity index (χ4n) is 3.24. The molecule has 34 heavy (non-hydrogen) atoms. The highest BCUT2D eigenvalue weighted by molar-refractivity contribution is 7.98. The fraction of sp³-hybridized carbons (Fsp3) is 0.182. The second-order valence-corrected chi connectivity index (χ2v) is 8.15. The van der Waals surface area contributed by atoms with E-state index in [1.165, 1.54) is 37.1 Å². The lowest BCUT2D eigenvalue weighted by Gasteiger charge is -2.12. The summed E-state index contributed by atoms with van der Waals surface area (Å²) in [6.07, 6.45) is -4.28. The van der Waals surface area contributed by atoms with E-state index in [0.29, 0.717) is 39.4 Å². The second-order valence-electron chi connectivity index (χ2n) is 7.21. The number of nitrogens with one attached hydrogen (secondary N) is 2. The van der Waals surface area contributed by atoms with Crippen LogP contribution in [0, 0.1) is 0 Å². The van der Waals surface area contributed by atoms with Crippen molar-refractivity contribution in [3.8, 4) is 11.4 Å². The largest absolute Gasteiger partial charge is 0.497 e. The average Bonchev–Trinajstić information content (AvgIpc) is 3.19. The van der Waals surface area contributed by atoms with Crippen molar-refractivity contribution in [2.24, 2.45) is 0 Å². The predicted molar refractivity (Wildman–Crippen MR) is 119 cm³/mol. The summed E-state index contributed by atoms with van der Waals surface area (Å²) in [5.74, 6) is 1.40. The molecule has 0 aliphatic carbocycles. The first kappa shape index (κ1) is 23.4. The van der Waals surface area contributed by atoms with Gasteiger partial charge in [0.25, 0.3) is 5.56 Å². The van der Waals surface area contributed by atoms with Crippen molar-refractivity contribution in [1.29, 1.82) is 0 Å². The van der Waals surface area contributed by atoms with Crippen molar-refractivity contribution in [3.05, 3.63) is 98.1 Å². The van der Waals surface area contributed by atoms with Crippen LogP contribution in [0.2, 0.25) is 0 Å². The standard InChI is InChI=1S/C22H18F3N5O3S/c1-33-17-4-2-3-16(11-17)30-18(9-15-10-19(31)27-20(32)26-15)28-29-21(30)34-12-13-5-7-14(8-6-13)22(23,24)25/h2-8,10-11H,9,12H2,1H3,(H2,26,27,31,32). The minimum absolute atomic E-state index is 0.115. The number of ether oxygens (including phenoxy) is 1. The fourth-order valence-corrected chi connectivity index (χ4v) is 4.17. The lowest BCUT2D eigenvalue weighted by Crippen LogP contribution is -2.23. The number of alkyl halides is 3. The first-order valence-corrected chi connectivity index (χ1v) is 10.9. The average molecular weight is 489 g/mol. The lowest BCUT2D eigenvalue weighted by atomic mass is 10.1. The highest BCUT2D eigenvalue weighted by Gasteiger charge is 2.30. The van der Waals surface area contributed by atoms with Crippen molar-refractivity contribution in [1.82, 2.24) is 24.7 Å². The molecular weight excluding hydrogens is 471 g/mol. The highest BCUT2D eigenvalue weighted by Crippen LogP contribution is 2.31. The molecule has 0 saturated carbocycles. The number of aromatic nitrogens is 5. The molecule has 8 nitrogen and oxygen atoms in total. The van der Waals surface area contributed by atoms with Gasteiger partial charge in [0.05, 0.1) is 18.4 Å². The van der Waals surface area contributed by atoms with Gasteiger partial charge in [0.15, 0.2) is 5.16 Å². The number of hydrogen-bond acceptors (Lipinski definition) is 6. The number of hydrogen-bond donors (Lipinski definition) is 2. The third-order valence-corrected chi connectivity index (χ3v) is 5.83. The summed E-state index contributed by atoms with van der Waals surface area (Å²) < 4.78 is 45.5. The zero-order valence-electron chi connectivity index (χ0n) is 17.7. The van der Waals surface area contributed by atoms with Crippen LogP contribution in [0.1, 0.15) is 22.6 Å². The predicted octanol–water partition coefficient (Wildman–Crippen LogP) is 3.55. The summed E-state index contributed by atoms with van der Waals surface area (Å²) in [6.45, 7) is 0. The van der Waals surface area contributed by atoms with E-state index >= 15 is 0 Å². The van der Waals surface area contributed by atoms with Crippen LogP contribution in [0.3, 0.4) is 0 Å². The Morgan fingerprint density at radius 2 is 1.79 bits per heavy atom. The van der Waals surface area contributed by atoms with Crippen LogP contribution in [0.25, 0.3) is 5.69 Å². The van der Waals surface area contributed by atoms with Gasteiger partial charge in [0.2, 0.25) is 0 Å². The maximum atomic E-state index is 12.8. The quantitative estimate of drug-likeness (QED) is 0.385. The number of halogens is 3. The van der Waals surface area contributed by atoms with Gasteiger partial charge < -0.3 is 9.72 Å². The number of rotatable bonds is 7. The first-order chi connectivity index (χ1) is 16.2. The zero-order chi connectivity index (χ0) is 24.3. The molecule has 0 fully saturated rings. The zero-order valence-corrected chi connectivity index (χ0v) is 18.5. The molecule has 0 atom stereocenters. The number of nitrogens with zero attached hydrogens (tertiary/aromatic N) is 3. The number of aromatic amines is 2. The van der Waals surface area contributed by atoms with Crippen molar-refractivity contribution < 1.29 is 17.9 Å². The van der Waals surface area contributed by atoms with Gasteiger partial charge >= 0.3 is 11.9 Å². The maximum Gasteiger partial charge on any atom is 0.416 e. The number of benzene rings is 2. The van der Waals surface area contributed by atoms with Gasteiger partial charge in [-0.2, -0.15) is 13.2 Å². The summed E-state index contributed by atoms with van der Waals surface area (Å²) in [4.78, 5) is 28.0. The van der Waals surface area contributed by atoms with Gasteiger partial charge in [-0.3, -0.25) is 14.3 Å². The molecule has 12 heteroatoms. The van der Waals surface area contributed by atoms with E-state index in [-0.39, 0.29) is 6.42 Å². The molecule has 2 N–H and O–H groups in total. The molecule has 0 spiro atoms. The van der Waals surface area contributed by atoms with Gasteiger partial charge in [-0.15, -0.1) is 10.2 Å². The molecule has 0 aliphatic rings. The molecule has 2 aromatic carbocycles. The van der Waals surface area contributed by atoms with Crippen molar-refractivity contribution in [2.75, 3.05) is 7.11 Å². The first-order valence-electron chi connectivity index (χ1n) is 9.93. The number of H-pyrrole nitrogens is 2. The molecule has 2 aromatic heterocycles. The molecule has 0 aliphatic heterocycles. The molecule has 2 heterocycles. The topological polar surface area (TPSA) is 106 Å². The van der Waals surface area contributed by atoms with Crippen molar-refractivity contribution in [2.45, 2.75) is 23.5 Å². The second kappa shape index (κ2) is 9.59. The molecule has 0 radical (unpaired) electrons. The molecule has 4 rings (SSSR count). The summed E-state index contributed by atoms with van der Waals surface area (Å²) >= 11 is 1.29. The van der Waals surface area contributed by atoms with E-state index in [4.69, 9.17) is 4.74 Å². The van der Waals surface area contributed by atoms with Gasteiger partial charge in [-0.05, 0) is 29.8 Å². The Morgan fingerprint density at radius 3 is 2.47 bits per heavy atom. The highest BCUT2D eigenvalue weighted by atomic mass is 32.2. The monoisotopic (exact) mass is 489 g/mol. The van der Waals surface area contributed by atoms with Crippen LogP contribution in [0.5, 0.6) is 5.75 Å². The lowest BCUT2D eigenvalue weighted by molar-refractivity contribution is -0.137. The van der Waals surface area contributed by atoms with E-state index in [2.05, 4.69) is 20.2 Å². The van der Waals surface area contributed by atoms with E-state index in [9.17, 15) is 22.8 Å². The van der Waals surface area contributed by atoms with Gasteiger partial charge in [-0.25, -0.2) is 4.79 Å². The Kier molecular flexibility index (Phi) is 6.59. The van der Waals surface area contributed by atoms with E-state index < -0.39 is 23.0 Å². The molecule has 4 aromatic rings. The van der Waals surface area contributed by atoms with Crippen LogP contribution in [-0.4, -0.2) is 31.8 Å². The molecule has 0 unspecified atom stereocenters. The molecule has 0 amide bonds. The molecule has 0 saturated heterocycles. The van der Waals surface area contributed by atoms with E-state index in [1.54, 1.807) is 22.8 Å². The Hall–Kier alpha value is -3.80. The van der Waals surface area contributed by atoms with Crippen LogP contribution < -0.4 is 16.0 Å². The van der Waals surface area contributed by atoms with E-state index in [1.807, 2.05) is 6.07 Å². The summed E-state index contributed by atoms with van der Waals surface area (Å²) in [6, 6.07) is 13.3. The summed E-state index contributed by atoms with van der Waals surface area (Å²) in [7, 11) is 1.54. The SMILES string of the molecule is COc1cccc(-n2c(Cc3cc(=O)[nH]c(=O)[nH]3)nnc2SCc2ccc(C(F)(F)F)cc2)c1. The van der Waals surface area contributed by atoms with Gasteiger partial charge in [0.1, 0.15) is 11.6 Å². The smallest absolute Gasteiger partial charge is 0.416 e. The maximum absolute atomic E-state index is 12.8. The van der Waals surface area contributed by atoms with Crippen LogP contribution >= 0.6 is 11.8 Å². The minimum Gasteiger partial charge on any atom is -0.497 e. The van der Waals surface area contributed by atoms with Crippen LogP contribution in [0.4, 0.5) is 13.2 Å². The molecule has 0 bridgehead atoms. The Labute approximate surface area is 194 Å². The van der Waals surface area contributed by atoms with Gasteiger partial charge in [0, 0.05) is 30.0 Å². The molecular formula is C22H18F3N5O3S. The van der Waals surface area contributed by atoms with Crippen molar-refractivity contribution in [3.63, 3.8) is 0 Å². The molecule has 176 valence electrons. The summed E-state index contributed by atoms with van der Waals surface area (Å²) in [5, 5.41) is 8.95. The van der Waals surface area contributed by atoms with E-state index in [0.717, 1.165) is 12.1 Å². The summed E-state index contributed by atoms with van der Waals surface area (Å²) in [5.41, 5.74) is -0.172. The van der Waals surface area contributed by atoms with Gasteiger partial charge in [-0.1, -0.05) is 30.0 Å². The Morgan fingerprint density at radius 1 is 1.03 bits per heavy atom. The normalized spacial score (nSPS) is 11.5. The van der Waals surface area contributed by atoms with Crippen molar-refractivity contribution >= 4 is 11.8 Å². The number of thioether (sulfide) groups is 1. The number of methoxy groups -OCH3 is 1. The van der Waals surface area contributed by atoms with Crippen LogP contribution in [0.15, 0.2) is 69.3 Å². The third kappa shape index (κ3) is 5.39.